The fraction of sp³-hybridized carbons (Fsp3) is 0.188. The van der Waals surface area contributed by atoms with Gasteiger partial charge in [0, 0.05) is 24.4 Å². The molecule has 2 aromatic heterocycles. The molecule has 3 aromatic carbocycles. The van der Waals surface area contributed by atoms with E-state index in [1.54, 1.807) is 42.7 Å². The van der Waals surface area contributed by atoms with Gasteiger partial charge in [0.05, 0.1) is 36.8 Å². The second-order valence-electron chi connectivity index (χ2n) is 10.3. The molecule has 1 fully saturated rings. The third kappa shape index (κ3) is 4.97. The van der Waals surface area contributed by atoms with Crippen LogP contribution >= 0.6 is 0 Å². The lowest BCUT2D eigenvalue weighted by atomic mass is 9.93. The number of nitrogens with zero attached hydrogens (tertiary/aromatic N) is 2. The maximum absolute atomic E-state index is 16.1. The summed E-state index contributed by atoms with van der Waals surface area (Å²) in [6, 6.07) is 13.4. The van der Waals surface area contributed by atoms with E-state index in [2.05, 4.69) is 15.3 Å². The molecule has 11 heteroatoms. The summed E-state index contributed by atoms with van der Waals surface area (Å²) < 4.78 is 46.3. The number of benzene rings is 3. The molecule has 0 atom stereocenters. The van der Waals surface area contributed by atoms with Gasteiger partial charge in [0.2, 0.25) is 0 Å². The molecule has 9 nitrogen and oxygen atoms in total. The quantitative estimate of drug-likeness (QED) is 0.267. The largest absolute Gasteiger partial charge is 0.496 e. The zero-order valence-corrected chi connectivity index (χ0v) is 23.2. The number of hydrogen-bond donors (Lipinski definition) is 2. The molecule has 3 N–H and O–H groups in total. The number of primary amides is 1. The summed E-state index contributed by atoms with van der Waals surface area (Å²) in [4.78, 5) is 34.7. The first-order chi connectivity index (χ1) is 20.7. The maximum atomic E-state index is 16.1. The van der Waals surface area contributed by atoms with E-state index in [1.165, 1.54) is 31.4 Å². The minimum Gasteiger partial charge on any atom is -0.496 e. The highest BCUT2D eigenvalue weighted by molar-refractivity contribution is 6.11. The molecule has 1 aliphatic heterocycles. The number of furan rings is 1. The summed E-state index contributed by atoms with van der Waals surface area (Å²) in [5.41, 5.74) is 7.05. The summed E-state index contributed by atoms with van der Waals surface area (Å²) in [5.74, 6) is -1.65. The van der Waals surface area contributed by atoms with Crippen LogP contribution in [0.25, 0.3) is 22.3 Å². The Morgan fingerprint density at radius 2 is 1.77 bits per heavy atom. The average Bonchev–Trinajstić information content (AvgIpc) is 3.38. The van der Waals surface area contributed by atoms with Crippen molar-refractivity contribution in [2.45, 2.75) is 18.9 Å². The number of rotatable bonds is 8. The lowest BCUT2D eigenvalue weighted by Crippen LogP contribution is -2.60. The minimum atomic E-state index is -0.889. The van der Waals surface area contributed by atoms with Crippen LogP contribution < -0.4 is 15.8 Å². The molecule has 0 radical (unpaired) electrons. The molecule has 2 amide bonds. The Labute approximate surface area is 244 Å². The van der Waals surface area contributed by atoms with Crippen LogP contribution in [-0.4, -0.2) is 42.1 Å². The zero-order chi connectivity index (χ0) is 30.3. The van der Waals surface area contributed by atoms with Gasteiger partial charge < -0.3 is 24.9 Å². The van der Waals surface area contributed by atoms with Crippen molar-refractivity contribution in [1.29, 1.82) is 0 Å². The Morgan fingerprint density at radius 1 is 1.05 bits per heavy atom. The lowest BCUT2D eigenvalue weighted by Gasteiger charge is -2.40. The molecule has 3 heterocycles. The second kappa shape index (κ2) is 10.9. The first-order valence-electron chi connectivity index (χ1n) is 13.4. The van der Waals surface area contributed by atoms with Crippen molar-refractivity contribution in [2.24, 2.45) is 5.73 Å². The number of fused-ring (bicyclic) bond motifs is 1. The minimum absolute atomic E-state index is 0.0504. The van der Waals surface area contributed by atoms with E-state index < -0.39 is 29.0 Å². The van der Waals surface area contributed by atoms with E-state index >= 15 is 4.39 Å². The Hall–Kier alpha value is -5.16. The number of halogens is 2. The zero-order valence-electron chi connectivity index (χ0n) is 23.2. The fourth-order valence-electron chi connectivity index (χ4n) is 5.23. The third-order valence-electron chi connectivity index (χ3n) is 7.55. The molecule has 0 bridgehead atoms. The van der Waals surface area contributed by atoms with Gasteiger partial charge in [-0.3, -0.25) is 9.59 Å². The molecule has 1 aliphatic rings. The standard InChI is InChI=1S/C32H26F2N4O5/c1-17-12-24(41-2)22(30(40)38-32(15-42-16-32)31-36-10-3-11-37-31)14-20(17)13-19-6-9-23-25(27(19)34)26(29(35)39)28(43-23)18-4-7-21(33)8-5-18/h3-12,14H,13,15-16H2,1-2H3,(H2,35,39)(H,38,40). The van der Waals surface area contributed by atoms with Crippen LogP contribution in [0.3, 0.4) is 0 Å². The Morgan fingerprint density at radius 3 is 2.40 bits per heavy atom. The summed E-state index contributed by atoms with van der Waals surface area (Å²) in [5, 5.41) is 2.93. The van der Waals surface area contributed by atoms with E-state index in [9.17, 15) is 14.0 Å². The average molecular weight is 585 g/mol. The van der Waals surface area contributed by atoms with Gasteiger partial charge in [-0.25, -0.2) is 18.7 Å². The number of aromatic nitrogens is 2. The van der Waals surface area contributed by atoms with Crippen LogP contribution in [0.5, 0.6) is 5.75 Å². The number of nitrogens with one attached hydrogen (secondary N) is 1. The van der Waals surface area contributed by atoms with Crippen molar-refractivity contribution < 1.29 is 32.3 Å². The Bertz CT molecular complexity index is 1870. The highest BCUT2D eigenvalue weighted by Gasteiger charge is 2.45. The van der Waals surface area contributed by atoms with Gasteiger partial charge >= 0.3 is 0 Å². The molecular formula is C32H26F2N4O5. The molecule has 0 unspecified atom stereocenters. The number of hydrogen-bond acceptors (Lipinski definition) is 7. The Balaban J connectivity index is 1.37. The summed E-state index contributed by atoms with van der Waals surface area (Å²) in [7, 11) is 1.46. The molecule has 5 aromatic rings. The predicted molar refractivity (Wildman–Crippen MR) is 153 cm³/mol. The Kier molecular flexibility index (Phi) is 7.10. The van der Waals surface area contributed by atoms with E-state index in [0.717, 1.165) is 5.56 Å². The van der Waals surface area contributed by atoms with Crippen LogP contribution in [-0.2, 0) is 16.7 Å². The van der Waals surface area contributed by atoms with Crippen LogP contribution in [0.2, 0.25) is 0 Å². The number of ether oxygens (including phenoxy) is 2. The van der Waals surface area contributed by atoms with Crippen LogP contribution in [0.15, 0.2) is 71.4 Å². The molecule has 218 valence electrons. The van der Waals surface area contributed by atoms with Gasteiger partial charge in [-0.1, -0.05) is 6.07 Å². The predicted octanol–water partition coefficient (Wildman–Crippen LogP) is 4.83. The van der Waals surface area contributed by atoms with Gasteiger partial charge in [-0.15, -0.1) is 0 Å². The molecule has 6 rings (SSSR count). The van der Waals surface area contributed by atoms with Crippen molar-refractivity contribution in [3.63, 3.8) is 0 Å². The number of nitrogens with two attached hydrogens (primary N) is 1. The third-order valence-corrected chi connectivity index (χ3v) is 7.55. The topological polar surface area (TPSA) is 130 Å². The van der Waals surface area contributed by atoms with Crippen molar-refractivity contribution in [1.82, 2.24) is 15.3 Å². The van der Waals surface area contributed by atoms with Crippen molar-refractivity contribution in [2.75, 3.05) is 20.3 Å². The van der Waals surface area contributed by atoms with E-state index in [-0.39, 0.29) is 53.1 Å². The molecule has 0 spiro atoms. The number of amides is 2. The first kappa shape index (κ1) is 28.0. The molecular weight excluding hydrogens is 558 g/mol. The van der Waals surface area contributed by atoms with Gasteiger partial charge in [-0.2, -0.15) is 0 Å². The fourth-order valence-corrected chi connectivity index (χ4v) is 5.23. The molecule has 1 saturated heterocycles. The number of carbonyl (C=O) groups is 2. The summed E-state index contributed by atoms with van der Waals surface area (Å²) in [6.07, 6.45) is 3.27. The van der Waals surface area contributed by atoms with E-state index in [4.69, 9.17) is 19.6 Å². The molecule has 43 heavy (non-hydrogen) atoms. The van der Waals surface area contributed by atoms with Gasteiger partial charge in [0.25, 0.3) is 11.8 Å². The van der Waals surface area contributed by atoms with Crippen LogP contribution in [0.4, 0.5) is 8.78 Å². The summed E-state index contributed by atoms with van der Waals surface area (Å²) in [6.45, 7) is 2.25. The van der Waals surface area contributed by atoms with Crippen molar-refractivity contribution in [3.05, 3.63) is 112 Å². The molecule has 0 saturated carbocycles. The number of carbonyl (C=O) groups excluding carboxylic acids is 2. The number of aryl methyl sites for hydroxylation is 1. The van der Waals surface area contributed by atoms with Gasteiger partial charge in [-0.05, 0) is 72.1 Å². The molecule has 0 aliphatic carbocycles. The van der Waals surface area contributed by atoms with E-state index in [0.29, 0.717) is 22.7 Å². The number of methoxy groups -OCH3 is 1. The van der Waals surface area contributed by atoms with E-state index in [1.807, 2.05) is 6.92 Å². The SMILES string of the molecule is COc1cc(C)c(Cc2ccc3oc(-c4ccc(F)cc4)c(C(N)=O)c3c2F)cc1C(=O)NC1(c2ncccn2)COC1. The van der Waals surface area contributed by atoms with Crippen molar-refractivity contribution >= 4 is 22.8 Å². The highest BCUT2D eigenvalue weighted by atomic mass is 19.1. The highest BCUT2D eigenvalue weighted by Crippen LogP contribution is 2.37. The van der Waals surface area contributed by atoms with Crippen molar-refractivity contribution in [3.8, 4) is 17.1 Å². The maximum Gasteiger partial charge on any atom is 0.255 e. The lowest BCUT2D eigenvalue weighted by molar-refractivity contribution is -0.0778. The van der Waals surface area contributed by atoms with Gasteiger partial charge in [0.1, 0.15) is 34.3 Å². The smallest absolute Gasteiger partial charge is 0.255 e. The normalized spacial score (nSPS) is 13.9. The monoisotopic (exact) mass is 584 g/mol. The van der Waals surface area contributed by atoms with Crippen LogP contribution in [0.1, 0.15) is 43.2 Å². The summed E-state index contributed by atoms with van der Waals surface area (Å²) >= 11 is 0. The van der Waals surface area contributed by atoms with Crippen LogP contribution in [0, 0.1) is 18.6 Å². The first-order valence-corrected chi connectivity index (χ1v) is 13.4. The second-order valence-corrected chi connectivity index (χ2v) is 10.3. The van der Waals surface area contributed by atoms with Gasteiger partial charge in [0.15, 0.2) is 5.82 Å².